The number of quaternary nitrogens is 1. The quantitative estimate of drug-likeness (QED) is 0.591. The van der Waals surface area contributed by atoms with Gasteiger partial charge >= 0.3 is 5.97 Å². The van der Waals surface area contributed by atoms with Gasteiger partial charge in [-0.2, -0.15) is 0 Å². The summed E-state index contributed by atoms with van der Waals surface area (Å²) in [7, 11) is 0. The summed E-state index contributed by atoms with van der Waals surface area (Å²) in [6.07, 6.45) is 0.680. The van der Waals surface area contributed by atoms with E-state index in [4.69, 9.17) is 5.11 Å². The second-order valence-corrected chi connectivity index (χ2v) is 4.36. The molecule has 1 aromatic carbocycles. The molecule has 0 bridgehead atoms. The lowest BCUT2D eigenvalue weighted by atomic mass is 10.0. The SMILES string of the molecule is O=C(O)[C@@H]1C[NH+]([O-])[C@@H](Cc2ccccc2)CN1. The van der Waals surface area contributed by atoms with Gasteiger partial charge in [-0.3, -0.25) is 10.1 Å². The Morgan fingerprint density at radius 2 is 2.18 bits per heavy atom. The Morgan fingerprint density at radius 1 is 1.47 bits per heavy atom. The first-order chi connectivity index (χ1) is 8.16. The summed E-state index contributed by atoms with van der Waals surface area (Å²) in [5.41, 5.74) is 1.11. The molecular weight excluding hydrogens is 220 g/mol. The molecule has 1 aliphatic heterocycles. The zero-order valence-corrected chi connectivity index (χ0v) is 9.43. The first-order valence-corrected chi connectivity index (χ1v) is 5.69. The van der Waals surface area contributed by atoms with Gasteiger partial charge in [0.25, 0.3) is 0 Å². The minimum Gasteiger partial charge on any atom is -0.634 e. The summed E-state index contributed by atoms with van der Waals surface area (Å²) >= 11 is 0. The average Bonchev–Trinajstić information content (AvgIpc) is 2.33. The second-order valence-electron chi connectivity index (χ2n) is 4.36. The van der Waals surface area contributed by atoms with Gasteiger partial charge in [-0.25, -0.2) is 0 Å². The lowest BCUT2D eigenvalue weighted by molar-refractivity contribution is -0.879. The maximum atomic E-state index is 11.8. The van der Waals surface area contributed by atoms with Gasteiger partial charge in [0.2, 0.25) is 0 Å². The zero-order valence-electron chi connectivity index (χ0n) is 9.43. The number of carbonyl (C=O) groups is 1. The largest absolute Gasteiger partial charge is 0.634 e. The number of hydrogen-bond donors (Lipinski definition) is 3. The highest BCUT2D eigenvalue weighted by molar-refractivity contribution is 5.73. The lowest BCUT2D eigenvalue weighted by Crippen LogP contribution is -3.16. The standard InChI is InChI=1S/C12H16N2O3/c15-12(16)11-8-14(17)10(7-13-11)6-9-4-2-1-3-5-9/h1-5,10-11,13-14H,6-8H2,(H,15,16)/t10-,11-/m0/s1. The zero-order chi connectivity index (χ0) is 12.3. The minimum atomic E-state index is -0.948. The summed E-state index contributed by atoms with van der Waals surface area (Å²) in [4.78, 5) is 10.8. The number of piperazine rings is 1. The van der Waals surface area contributed by atoms with E-state index in [2.05, 4.69) is 5.32 Å². The molecule has 0 radical (unpaired) electrons. The first kappa shape index (κ1) is 12.0. The smallest absolute Gasteiger partial charge is 0.326 e. The van der Waals surface area contributed by atoms with Crippen molar-refractivity contribution in [1.82, 2.24) is 5.32 Å². The van der Waals surface area contributed by atoms with Gasteiger partial charge in [-0.1, -0.05) is 30.3 Å². The maximum Gasteiger partial charge on any atom is 0.326 e. The average molecular weight is 236 g/mol. The fourth-order valence-corrected chi connectivity index (χ4v) is 2.10. The van der Waals surface area contributed by atoms with E-state index in [0.717, 1.165) is 5.56 Å². The van der Waals surface area contributed by atoms with E-state index in [1.807, 2.05) is 30.3 Å². The van der Waals surface area contributed by atoms with Crippen LogP contribution in [0.2, 0.25) is 0 Å². The van der Waals surface area contributed by atoms with Gasteiger partial charge in [-0.15, -0.1) is 0 Å². The van der Waals surface area contributed by atoms with Gasteiger partial charge in [-0.05, 0) is 5.56 Å². The summed E-state index contributed by atoms with van der Waals surface area (Å²) < 4.78 is 0. The van der Waals surface area contributed by atoms with Crippen LogP contribution in [0.25, 0.3) is 0 Å². The van der Waals surface area contributed by atoms with Gasteiger partial charge in [0, 0.05) is 13.0 Å². The van der Waals surface area contributed by atoms with Crippen molar-refractivity contribution in [1.29, 1.82) is 0 Å². The number of hydroxylamine groups is 2. The number of carboxylic acid groups (broad SMARTS) is 1. The van der Waals surface area contributed by atoms with Crippen LogP contribution in [0.3, 0.4) is 0 Å². The Kier molecular flexibility index (Phi) is 3.73. The molecule has 0 spiro atoms. The molecule has 2 rings (SSSR count). The van der Waals surface area contributed by atoms with E-state index in [-0.39, 0.29) is 17.6 Å². The molecule has 0 saturated carbocycles. The van der Waals surface area contributed by atoms with Crippen LogP contribution in [-0.2, 0) is 11.2 Å². The highest BCUT2D eigenvalue weighted by Crippen LogP contribution is 2.02. The predicted octanol–water partition coefficient (Wildman–Crippen LogP) is -0.963. The molecule has 1 unspecified atom stereocenters. The van der Waals surface area contributed by atoms with Crippen LogP contribution < -0.4 is 10.4 Å². The molecule has 5 nitrogen and oxygen atoms in total. The normalized spacial score (nSPS) is 28.9. The van der Waals surface area contributed by atoms with Crippen molar-refractivity contribution in [3.63, 3.8) is 0 Å². The third-order valence-electron chi connectivity index (χ3n) is 3.09. The van der Waals surface area contributed by atoms with Crippen molar-refractivity contribution in [3.05, 3.63) is 41.1 Å². The molecule has 1 heterocycles. The van der Waals surface area contributed by atoms with Crippen molar-refractivity contribution in [2.75, 3.05) is 13.1 Å². The molecule has 0 amide bonds. The monoisotopic (exact) mass is 236 g/mol. The molecule has 92 valence electrons. The minimum absolute atomic E-state index is 0.0417. The van der Waals surface area contributed by atoms with Crippen molar-refractivity contribution < 1.29 is 15.0 Å². The molecule has 1 fully saturated rings. The Labute approximate surface area is 99.6 Å². The summed E-state index contributed by atoms with van der Waals surface area (Å²) in [6, 6.07) is 8.96. The maximum absolute atomic E-state index is 11.8. The van der Waals surface area contributed by atoms with Gasteiger partial charge in [0.1, 0.15) is 12.6 Å². The van der Waals surface area contributed by atoms with Crippen molar-refractivity contribution in [3.8, 4) is 0 Å². The highest BCUT2D eigenvalue weighted by Gasteiger charge is 2.30. The van der Waals surface area contributed by atoms with Crippen molar-refractivity contribution >= 4 is 5.97 Å². The van der Waals surface area contributed by atoms with E-state index in [0.29, 0.717) is 13.0 Å². The van der Waals surface area contributed by atoms with E-state index in [1.54, 1.807) is 0 Å². The Hall–Kier alpha value is -1.43. The van der Waals surface area contributed by atoms with E-state index < -0.39 is 12.0 Å². The molecule has 5 heteroatoms. The molecule has 0 aliphatic carbocycles. The number of rotatable bonds is 3. The number of aliphatic carboxylic acids is 1. The van der Waals surface area contributed by atoms with Crippen LogP contribution >= 0.6 is 0 Å². The summed E-state index contributed by atoms with van der Waals surface area (Å²) in [5.74, 6) is -0.948. The van der Waals surface area contributed by atoms with Crippen LogP contribution in [0.1, 0.15) is 5.56 Å². The molecule has 17 heavy (non-hydrogen) atoms. The van der Waals surface area contributed by atoms with Crippen molar-refractivity contribution in [2.24, 2.45) is 0 Å². The van der Waals surface area contributed by atoms with Crippen LogP contribution in [0.5, 0.6) is 0 Å². The number of hydrogen-bond acceptors (Lipinski definition) is 3. The predicted molar refractivity (Wildman–Crippen MR) is 62.6 cm³/mol. The Balaban J connectivity index is 1.94. The number of carboxylic acids is 1. The molecule has 1 saturated heterocycles. The van der Waals surface area contributed by atoms with Crippen LogP contribution in [0.4, 0.5) is 0 Å². The Morgan fingerprint density at radius 3 is 2.76 bits per heavy atom. The molecule has 0 aromatic heterocycles. The summed E-state index contributed by atoms with van der Waals surface area (Å²) in [5, 5.41) is 23.6. The third kappa shape index (κ3) is 3.03. The van der Waals surface area contributed by atoms with E-state index in [9.17, 15) is 10.0 Å². The highest BCUT2D eigenvalue weighted by atomic mass is 16.5. The third-order valence-corrected chi connectivity index (χ3v) is 3.09. The lowest BCUT2D eigenvalue weighted by Gasteiger charge is -2.38. The molecule has 1 aromatic rings. The van der Waals surface area contributed by atoms with Gasteiger partial charge in [0.15, 0.2) is 6.04 Å². The Bertz CT molecular complexity index is 383. The van der Waals surface area contributed by atoms with E-state index >= 15 is 0 Å². The fraction of sp³-hybridized carbons (Fsp3) is 0.417. The molecule has 3 atom stereocenters. The number of nitrogens with one attached hydrogen (secondary N) is 2. The van der Waals surface area contributed by atoms with E-state index in [1.165, 1.54) is 0 Å². The molecular formula is C12H16N2O3. The number of benzene rings is 1. The van der Waals surface area contributed by atoms with Crippen LogP contribution in [-0.4, -0.2) is 36.2 Å². The molecule has 1 aliphatic rings. The fourth-order valence-electron chi connectivity index (χ4n) is 2.10. The first-order valence-electron chi connectivity index (χ1n) is 5.69. The van der Waals surface area contributed by atoms with Crippen LogP contribution in [0, 0.1) is 5.21 Å². The second kappa shape index (κ2) is 5.27. The van der Waals surface area contributed by atoms with Crippen LogP contribution in [0.15, 0.2) is 30.3 Å². The van der Waals surface area contributed by atoms with Gasteiger partial charge in [0.05, 0.1) is 0 Å². The van der Waals surface area contributed by atoms with Crippen molar-refractivity contribution in [2.45, 2.75) is 18.5 Å². The van der Waals surface area contributed by atoms with Gasteiger partial charge < -0.3 is 15.4 Å². The summed E-state index contributed by atoms with van der Waals surface area (Å²) in [6.45, 7) is 0.539. The molecule has 3 N–H and O–H groups in total. The topological polar surface area (TPSA) is 76.8 Å².